The fourth-order valence-corrected chi connectivity index (χ4v) is 7.54. The molecule has 0 spiro atoms. The summed E-state index contributed by atoms with van der Waals surface area (Å²) in [6.07, 6.45) is 5.60. The second-order valence-electron chi connectivity index (χ2n) is 10.9. The molecule has 1 N–H and O–H groups in total. The summed E-state index contributed by atoms with van der Waals surface area (Å²) in [6.45, 7) is 2.40. The third kappa shape index (κ3) is 5.69. The average molecular weight is 606 g/mol. The maximum atomic E-state index is 14.2. The Morgan fingerprint density at radius 2 is 2.00 bits per heavy atom. The van der Waals surface area contributed by atoms with Crippen molar-refractivity contribution in [2.24, 2.45) is 17.3 Å². The molecule has 0 radical (unpaired) electrons. The molecular weight excluding hydrogens is 571 g/mol. The largest absolute Gasteiger partial charge is 0.468 e. The Morgan fingerprint density at radius 1 is 1.23 bits per heavy atom. The van der Waals surface area contributed by atoms with E-state index in [1.54, 1.807) is 34.4 Å². The molecule has 214 valence electrons. The van der Waals surface area contributed by atoms with Gasteiger partial charge in [0.15, 0.2) is 0 Å². The van der Waals surface area contributed by atoms with Crippen molar-refractivity contribution in [3.8, 4) is 0 Å². The molecule has 5 rings (SSSR count). The molecule has 1 aliphatic carbocycles. The number of hydrogen-bond donors (Lipinski definition) is 1. The molecule has 7 nitrogen and oxygen atoms in total. The molecule has 1 aromatic heterocycles. The number of halogens is 2. The van der Waals surface area contributed by atoms with Crippen LogP contribution in [0.1, 0.15) is 55.9 Å². The number of ether oxygens (including phenoxy) is 2. The number of carbonyl (C=O) groups excluding carboxylic acids is 3. The number of carbonyl (C=O) groups is 3. The molecule has 0 bridgehead atoms. The minimum absolute atomic E-state index is 0.0557. The minimum atomic E-state index is -1.24. The second kappa shape index (κ2) is 12.2. The third-order valence-electron chi connectivity index (χ3n) is 8.54. The molecule has 2 aromatic rings. The van der Waals surface area contributed by atoms with E-state index in [0.717, 1.165) is 30.6 Å². The summed E-state index contributed by atoms with van der Waals surface area (Å²) < 4.78 is 11.9. The average Bonchev–Trinajstić information content (AvgIpc) is 3.66. The van der Waals surface area contributed by atoms with Crippen molar-refractivity contribution in [1.82, 2.24) is 10.2 Å². The van der Waals surface area contributed by atoms with E-state index in [1.807, 2.05) is 30.5 Å². The van der Waals surface area contributed by atoms with Crippen molar-refractivity contribution in [1.29, 1.82) is 0 Å². The molecule has 2 fully saturated rings. The summed E-state index contributed by atoms with van der Waals surface area (Å²) in [6, 6.07) is 9.01. The first kappa shape index (κ1) is 29.1. The maximum Gasteiger partial charge on any atom is 0.320 e. The van der Waals surface area contributed by atoms with Gasteiger partial charge in [0.25, 0.3) is 0 Å². The van der Waals surface area contributed by atoms with Crippen molar-refractivity contribution in [2.45, 2.75) is 70.7 Å². The molecule has 0 unspecified atom stereocenters. The third-order valence-corrected chi connectivity index (χ3v) is 10.0. The van der Waals surface area contributed by atoms with Gasteiger partial charge in [-0.15, -0.1) is 11.3 Å². The van der Waals surface area contributed by atoms with Crippen LogP contribution in [0.2, 0.25) is 10.0 Å². The zero-order chi connectivity index (χ0) is 28.4. The van der Waals surface area contributed by atoms with Crippen molar-refractivity contribution in [3.05, 3.63) is 68.0 Å². The van der Waals surface area contributed by atoms with Gasteiger partial charge in [-0.3, -0.25) is 14.4 Å². The van der Waals surface area contributed by atoms with Crippen molar-refractivity contribution in [2.75, 3.05) is 7.11 Å². The predicted molar refractivity (Wildman–Crippen MR) is 155 cm³/mol. The first-order valence-corrected chi connectivity index (χ1v) is 15.4. The van der Waals surface area contributed by atoms with Crippen molar-refractivity contribution < 1.29 is 23.9 Å². The number of rotatable bonds is 8. The highest BCUT2D eigenvalue weighted by Crippen LogP contribution is 2.52. The Balaban J connectivity index is 1.52. The fraction of sp³-hybridized carbons (Fsp3) is 0.500. The number of fused-ring (bicyclic) bond motifs is 1. The van der Waals surface area contributed by atoms with Crippen LogP contribution in [-0.4, -0.2) is 42.0 Å². The van der Waals surface area contributed by atoms with E-state index in [0.29, 0.717) is 33.8 Å². The summed E-state index contributed by atoms with van der Waals surface area (Å²) in [5, 5.41) is 5.78. The Hall–Kier alpha value is -2.39. The lowest BCUT2D eigenvalue weighted by Crippen LogP contribution is -2.60. The Morgan fingerprint density at radius 3 is 2.67 bits per heavy atom. The molecule has 2 amide bonds. The van der Waals surface area contributed by atoms with Gasteiger partial charge in [-0.1, -0.05) is 48.2 Å². The Labute approximate surface area is 248 Å². The summed E-state index contributed by atoms with van der Waals surface area (Å²) in [5.41, 5.74) is 0.0368. The van der Waals surface area contributed by atoms with Crippen molar-refractivity contribution >= 4 is 52.3 Å². The van der Waals surface area contributed by atoms with E-state index in [-0.39, 0.29) is 37.3 Å². The number of nitrogens with zero attached hydrogens (tertiary/aromatic N) is 1. The number of benzene rings is 1. The number of piperidine rings is 1. The standard InChI is InChI=1S/C30H34Cl2N2O5S/c1-18-30(29(37)38-2)15-21(12-27(35)33-16-23-8-5-11-40-23)28(36)34(17-20-9-10-22(31)13-24(20)32)26(30)14-25(39-18)19-6-3-4-7-19/h5,8-11,13-14,18-19,21,25H,3-4,6-7,12,15-17H2,1-2H3,(H,33,35)/t18-,21+,25-,30+/m1/s1. The monoisotopic (exact) mass is 604 g/mol. The number of amides is 2. The lowest BCUT2D eigenvalue weighted by molar-refractivity contribution is -0.178. The van der Waals surface area contributed by atoms with Gasteiger partial charge in [0.05, 0.1) is 32.4 Å². The van der Waals surface area contributed by atoms with Gasteiger partial charge in [0.2, 0.25) is 11.8 Å². The van der Waals surface area contributed by atoms with E-state index < -0.39 is 23.4 Å². The molecule has 1 aromatic carbocycles. The number of esters is 1. The topological polar surface area (TPSA) is 84.9 Å². The number of nitrogens with one attached hydrogen (secondary N) is 1. The van der Waals surface area contributed by atoms with Crippen LogP contribution in [0, 0.1) is 17.3 Å². The summed E-state index contributed by atoms with van der Waals surface area (Å²) in [5.74, 6) is -1.37. The van der Waals surface area contributed by atoms with Crippen molar-refractivity contribution in [3.63, 3.8) is 0 Å². The summed E-state index contributed by atoms with van der Waals surface area (Å²) in [7, 11) is 1.35. The number of thiophene rings is 1. The van der Waals surface area contributed by atoms with Crippen LogP contribution in [0.5, 0.6) is 0 Å². The van der Waals surface area contributed by atoms with Gasteiger partial charge in [0.1, 0.15) is 5.41 Å². The first-order chi connectivity index (χ1) is 19.2. The highest BCUT2D eigenvalue weighted by molar-refractivity contribution is 7.09. The molecule has 40 heavy (non-hydrogen) atoms. The highest BCUT2D eigenvalue weighted by atomic mass is 35.5. The van der Waals surface area contributed by atoms with Crippen LogP contribution < -0.4 is 5.32 Å². The highest BCUT2D eigenvalue weighted by Gasteiger charge is 2.60. The molecule has 1 saturated carbocycles. The van der Waals surface area contributed by atoms with Crippen LogP contribution in [-0.2, 0) is 36.9 Å². The Kier molecular flexibility index (Phi) is 8.90. The molecule has 2 aliphatic heterocycles. The van der Waals surface area contributed by atoms with Gasteiger partial charge in [-0.25, -0.2) is 0 Å². The molecular formula is C30H34Cl2N2O5S. The van der Waals surface area contributed by atoms with Crippen LogP contribution in [0.25, 0.3) is 0 Å². The molecule has 4 atom stereocenters. The maximum absolute atomic E-state index is 14.2. The van der Waals surface area contributed by atoms with Gasteiger partial charge in [0, 0.05) is 33.0 Å². The zero-order valence-electron chi connectivity index (χ0n) is 22.7. The molecule has 10 heteroatoms. The van der Waals surface area contributed by atoms with Crippen LogP contribution in [0.3, 0.4) is 0 Å². The lowest BCUT2D eigenvalue weighted by atomic mass is 9.66. The second-order valence-corrected chi connectivity index (χ2v) is 12.8. The summed E-state index contributed by atoms with van der Waals surface area (Å²) in [4.78, 5) is 43.5. The van der Waals surface area contributed by atoms with Gasteiger partial charge >= 0.3 is 5.97 Å². The molecule has 1 saturated heterocycles. The number of methoxy groups -OCH3 is 1. The summed E-state index contributed by atoms with van der Waals surface area (Å²) >= 11 is 14.2. The van der Waals surface area contributed by atoms with E-state index in [2.05, 4.69) is 5.32 Å². The van der Waals surface area contributed by atoms with Gasteiger partial charge in [-0.2, -0.15) is 0 Å². The Bertz CT molecular complexity index is 1290. The normalized spacial score (nSPS) is 26.8. The number of likely N-dealkylation sites (tertiary alicyclic amines) is 1. The van der Waals surface area contributed by atoms with Crippen LogP contribution in [0.15, 0.2) is 47.5 Å². The minimum Gasteiger partial charge on any atom is -0.468 e. The quantitative estimate of drug-likeness (QED) is 0.366. The fourth-order valence-electron chi connectivity index (χ4n) is 6.43. The lowest BCUT2D eigenvalue weighted by Gasteiger charge is -2.52. The van der Waals surface area contributed by atoms with Gasteiger partial charge in [-0.05, 0) is 67.3 Å². The van der Waals surface area contributed by atoms with Crippen LogP contribution >= 0.6 is 34.5 Å². The predicted octanol–water partition coefficient (Wildman–Crippen LogP) is 6.13. The van der Waals surface area contributed by atoms with Crippen LogP contribution in [0.4, 0.5) is 0 Å². The number of hydrogen-bond acceptors (Lipinski definition) is 6. The van der Waals surface area contributed by atoms with Gasteiger partial charge < -0.3 is 19.7 Å². The smallest absolute Gasteiger partial charge is 0.320 e. The molecule has 3 heterocycles. The SMILES string of the molecule is COC(=O)[C@]12C[C@H](CC(=O)NCc3cccs3)C(=O)N(Cc3ccc(Cl)cc3Cl)C1=C[C@H](C1CCCC1)O[C@@H]2C. The first-order valence-electron chi connectivity index (χ1n) is 13.7. The van der Waals surface area contributed by atoms with E-state index in [9.17, 15) is 14.4 Å². The molecule has 3 aliphatic rings. The zero-order valence-corrected chi connectivity index (χ0v) is 25.0. The van der Waals surface area contributed by atoms with E-state index in [4.69, 9.17) is 32.7 Å². The van der Waals surface area contributed by atoms with E-state index >= 15 is 0 Å². The van der Waals surface area contributed by atoms with E-state index in [1.165, 1.54) is 7.11 Å².